The van der Waals surface area contributed by atoms with Crippen LogP contribution in [0.2, 0.25) is 0 Å². The summed E-state index contributed by atoms with van der Waals surface area (Å²) >= 11 is 0. The van der Waals surface area contributed by atoms with Gasteiger partial charge in [-0.15, -0.1) is 6.58 Å². The highest BCUT2D eigenvalue weighted by molar-refractivity contribution is 6.31. The lowest BCUT2D eigenvalue weighted by Gasteiger charge is -2.18. The van der Waals surface area contributed by atoms with Crippen molar-refractivity contribution in [2.24, 2.45) is 5.92 Å². The van der Waals surface area contributed by atoms with Gasteiger partial charge in [0.1, 0.15) is 11.5 Å². The van der Waals surface area contributed by atoms with Crippen molar-refractivity contribution in [2.45, 2.75) is 155 Å². The largest absolute Gasteiger partial charge is 0.494 e. The lowest BCUT2D eigenvalue weighted by molar-refractivity contribution is -0.116. The SMILES string of the molecule is C=CCCCCCCCCOc1ccc(C2=C3C(=O)NC(c4ccc(OCC(CCCCCCCC)CCCCCCCC)cc4)=C3C(=O)C2)cc1. The number of Topliss-reactive ketones (excluding diaryl/α,β-unsaturated/α-hetero) is 1. The standard InChI is InChI=1S/C47H67NO4/c1-4-7-10-13-16-17-20-23-34-51-40-30-26-38(27-31-40)42-35-43(49)45-44(42)47(50)48-46(45)39-28-32-41(33-29-39)52-36-37(24-21-18-14-11-8-5-2)25-22-19-15-12-9-6-3/h4,26-33,37H,1,5-25,34-36H2,2-3H3,(H,48,50). The van der Waals surface area contributed by atoms with E-state index in [2.05, 4.69) is 25.7 Å². The molecule has 0 unspecified atom stereocenters. The molecule has 1 amide bonds. The first-order valence-corrected chi connectivity index (χ1v) is 20.9. The van der Waals surface area contributed by atoms with Gasteiger partial charge in [-0.05, 0) is 91.1 Å². The Morgan fingerprint density at radius 1 is 0.635 bits per heavy atom. The molecule has 2 aromatic rings. The first-order chi connectivity index (χ1) is 25.5. The summed E-state index contributed by atoms with van der Waals surface area (Å²) in [6.45, 7) is 9.76. The second kappa shape index (κ2) is 23.9. The Balaban J connectivity index is 1.31. The van der Waals surface area contributed by atoms with Crippen LogP contribution in [0.1, 0.15) is 166 Å². The second-order valence-electron chi connectivity index (χ2n) is 15.0. The fraction of sp³-hybridized carbons (Fsp3) is 0.574. The first-order valence-electron chi connectivity index (χ1n) is 20.9. The van der Waals surface area contributed by atoms with Crippen LogP contribution in [0.25, 0.3) is 11.3 Å². The van der Waals surface area contributed by atoms with E-state index in [1.807, 2.05) is 54.6 Å². The lowest BCUT2D eigenvalue weighted by Crippen LogP contribution is -2.16. The number of rotatable bonds is 29. The van der Waals surface area contributed by atoms with Crippen LogP contribution in [-0.4, -0.2) is 24.9 Å². The van der Waals surface area contributed by atoms with Crippen LogP contribution >= 0.6 is 0 Å². The minimum Gasteiger partial charge on any atom is -0.494 e. The molecule has 284 valence electrons. The number of ether oxygens (including phenoxy) is 2. The molecule has 2 aliphatic rings. The highest BCUT2D eigenvalue weighted by Gasteiger charge is 2.40. The van der Waals surface area contributed by atoms with Gasteiger partial charge < -0.3 is 14.8 Å². The molecule has 5 nitrogen and oxygen atoms in total. The van der Waals surface area contributed by atoms with Gasteiger partial charge >= 0.3 is 0 Å². The van der Waals surface area contributed by atoms with Crippen molar-refractivity contribution in [1.29, 1.82) is 0 Å². The zero-order valence-corrected chi connectivity index (χ0v) is 32.6. The third-order valence-electron chi connectivity index (χ3n) is 10.7. The number of unbranched alkanes of at least 4 members (excludes halogenated alkanes) is 16. The van der Waals surface area contributed by atoms with E-state index in [1.54, 1.807) is 0 Å². The Morgan fingerprint density at radius 3 is 1.75 bits per heavy atom. The van der Waals surface area contributed by atoms with E-state index in [-0.39, 0.29) is 18.1 Å². The monoisotopic (exact) mass is 710 g/mol. The van der Waals surface area contributed by atoms with Crippen LogP contribution < -0.4 is 14.8 Å². The molecular weight excluding hydrogens is 643 g/mol. The Kier molecular flexibility index (Phi) is 18.9. The molecule has 1 N–H and O–H groups in total. The van der Waals surface area contributed by atoms with E-state index >= 15 is 0 Å². The predicted octanol–water partition coefficient (Wildman–Crippen LogP) is 12.7. The van der Waals surface area contributed by atoms with Gasteiger partial charge in [-0.1, -0.05) is 135 Å². The van der Waals surface area contributed by atoms with Crippen molar-refractivity contribution in [2.75, 3.05) is 13.2 Å². The smallest absolute Gasteiger partial charge is 0.256 e. The van der Waals surface area contributed by atoms with E-state index in [4.69, 9.17) is 9.47 Å². The molecule has 2 aromatic carbocycles. The number of carbonyl (C=O) groups is 2. The van der Waals surface area contributed by atoms with Gasteiger partial charge in [0, 0.05) is 6.42 Å². The average molecular weight is 710 g/mol. The number of carbonyl (C=O) groups excluding carboxylic acids is 2. The molecule has 0 bridgehead atoms. The van der Waals surface area contributed by atoms with Crippen LogP contribution in [0.3, 0.4) is 0 Å². The number of nitrogens with one attached hydrogen (secondary N) is 1. The number of amides is 1. The van der Waals surface area contributed by atoms with Gasteiger partial charge in [0.05, 0.1) is 30.1 Å². The number of allylic oxidation sites excluding steroid dienone is 2. The quantitative estimate of drug-likeness (QED) is 0.0674. The molecular formula is C47H67NO4. The van der Waals surface area contributed by atoms with Crippen LogP contribution in [0.4, 0.5) is 0 Å². The Bertz CT molecular complexity index is 1420. The first kappa shape index (κ1) is 41.2. The summed E-state index contributed by atoms with van der Waals surface area (Å²) in [6.07, 6.45) is 28.9. The number of hydrogen-bond acceptors (Lipinski definition) is 4. The Hall–Kier alpha value is -3.60. The van der Waals surface area contributed by atoms with Crippen molar-refractivity contribution in [3.8, 4) is 11.5 Å². The van der Waals surface area contributed by atoms with Crippen molar-refractivity contribution in [3.63, 3.8) is 0 Å². The maximum absolute atomic E-state index is 13.4. The minimum absolute atomic E-state index is 0.0178. The molecule has 0 saturated heterocycles. The molecule has 0 spiro atoms. The molecule has 4 rings (SSSR count). The number of ketones is 1. The molecule has 1 aliphatic heterocycles. The summed E-state index contributed by atoms with van der Waals surface area (Å²) in [5.41, 5.74) is 4.14. The number of benzene rings is 2. The van der Waals surface area contributed by atoms with Crippen molar-refractivity contribution >= 4 is 23.0 Å². The molecule has 1 heterocycles. The molecule has 0 fully saturated rings. The van der Waals surface area contributed by atoms with E-state index in [9.17, 15) is 9.59 Å². The summed E-state index contributed by atoms with van der Waals surface area (Å²) in [6, 6.07) is 15.7. The number of fused-ring (bicyclic) bond motifs is 1. The Morgan fingerprint density at radius 2 is 1.15 bits per heavy atom. The van der Waals surface area contributed by atoms with Gasteiger partial charge in [-0.2, -0.15) is 0 Å². The van der Waals surface area contributed by atoms with E-state index in [0.29, 0.717) is 29.4 Å². The third-order valence-corrected chi connectivity index (χ3v) is 10.7. The Labute approximate surface area is 315 Å². The van der Waals surface area contributed by atoms with Crippen LogP contribution in [0.5, 0.6) is 11.5 Å². The highest BCUT2D eigenvalue weighted by Crippen LogP contribution is 2.42. The molecule has 1 aliphatic carbocycles. The maximum atomic E-state index is 13.4. The molecule has 0 radical (unpaired) electrons. The molecule has 0 saturated carbocycles. The normalized spacial score (nSPS) is 14.1. The summed E-state index contributed by atoms with van der Waals surface area (Å²) < 4.78 is 12.3. The number of hydrogen-bond donors (Lipinski definition) is 1. The topological polar surface area (TPSA) is 64.6 Å². The van der Waals surface area contributed by atoms with Gasteiger partial charge in [0.15, 0.2) is 5.78 Å². The molecule has 0 atom stereocenters. The van der Waals surface area contributed by atoms with Gasteiger partial charge in [0.2, 0.25) is 0 Å². The van der Waals surface area contributed by atoms with E-state index < -0.39 is 0 Å². The van der Waals surface area contributed by atoms with Crippen LogP contribution in [0.15, 0.2) is 72.3 Å². The van der Waals surface area contributed by atoms with Crippen molar-refractivity contribution in [3.05, 3.63) is 83.5 Å². The third kappa shape index (κ3) is 13.4. The molecule has 0 aromatic heterocycles. The average Bonchev–Trinajstić information content (AvgIpc) is 3.70. The van der Waals surface area contributed by atoms with Gasteiger partial charge in [-0.3, -0.25) is 9.59 Å². The lowest BCUT2D eigenvalue weighted by atomic mass is 9.94. The van der Waals surface area contributed by atoms with Crippen LogP contribution in [0, 0.1) is 5.92 Å². The van der Waals surface area contributed by atoms with Gasteiger partial charge in [0.25, 0.3) is 5.91 Å². The zero-order valence-electron chi connectivity index (χ0n) is 32.6. The molecule has 52 heavy (non-hydrogen) atoms. The predicted molar refractivity (Wildman–Crippen MR) is 217 cm³/mol. The zero-order chi connectivity index (χ0) is 36.8. The highest BCUT2D eigenvalue weighted by atomic mass is 16.5. The minimum atomic E-state index is -0.205. The maximum Gasteiger partial charge on any atom is 0.256 e. The van der Waals surface area contributed by atoms with Crippen molar-refractivity contribution in [1.82, 2.24) is 5.32 Å². The summed E-state index contributed by atoms with van der Waals surface area (Å²) in [4.78, 5) is 26.6. The fourth-order valence-electron chi connectivity index (χ4n) is 7.55. The van der Waals surface area contributed by atoms with E-state index in [1.165, 1.54) is 122 Å². The summed E-state index contributed by atoms with van der Waals surface area (Å²) in [7, 11) is 0. The summed E-state index contributed by atoms with van der Waals surface area (Å²) in [5, 5.41) is 3.02. The van der Waals surface area contributed by atoms with Crippen molar-refractivity contribution < 1.29 is 19.1 Å². The summed E-state index contributed by atoms with van der Waals surface area (Å²) in [5.74, 6) is 2.01. The van der Waals surface area contributed by atoms with E-state index in [0.717, 1.165) is 47.6 Å². The van der Waals surface area contributed by atoms with Crippen LogP contribution in [-0.2, 0) is 9.59 Å². The molecule has 5 heteroatoms. The second-order valence-corrected chi connectivity index (χ2v) is 15.0. The van der Waals surface area contributed by atoms with Gasteiger partial charge in [-0.25, -0.2) is 0 Å². The fourth-order valence-corrected chi connectivity index (χ4v) is 7.55.